The number of nitrogens with zero attached hydrogens (tertiary/aromatic N) is 1. The van der Waals surface area contributed by atoms with Crippen molar-refractivity contribution < 1.29 is 4.74 Å². The van der Waals surface area contributed by atoms with Crippen LogP contribution < -0.4 is 10.1 Å². The van der Waals surface area contributed by atoms with E-state index in [-0.39, 0.29) is 0 Å². The van der Waals surface area contributed by atoms with Crippen molar-refractivity contribution in [3.8, 4) is 5.75 Å². The van der Waals surface area contributed by atoms with Crippen molar-refractivity contribution in [2.75, 3.05) is 19.5 Å². The standard InChI is InChI=1S/C17H20N2OS/c1-13-4-8-15(9-5-13)18-17(21)19(2)12-14-6-10-16(20-3)11-7-14/h4-11H,12H2,1-3H3,(H,18,21). The first-order valence-corrected chi connectivity index (χ1v) is 7.21. The Bertz CT molecular complexity index is 593. The Hall–Kier alpha value is -2.07. The number of ether oxygens (including phenoxy) is 1. The summed E-state index contributed by atoms with van der Waals surface area (Å²) < 4.78 is 5.16. The van der Waals surface area contributed by atoms with Gasteiger partial charge in [0.2, 0.25) is 0 Å². The summed E-state index contributed by atoms with van der Waals surface area (Å²) in [6.07, 6.45) is 0. The van der Waals surface area contributed by atoms with E-state index in [2.05, 4.69) is 24.4 Å². The monoisotopic (exact) mass is 300 g/mol. The molecule has 0 radical (unpaired) electrons. The molecule has 21 heavy (non-hydrogen) atoms. The van der Waals surface area contributed by atoms with E-state index in [1.807, 2.05) is 48.3 Å². The van der Waals surface area contributed by atoms with Gasteiger partial charge >= 0.3 is 0 Å². The lowest BCUT2D eigenvalue weighted by Crippen LogP contribution is -2.30. The topological polar surface area (TPSA) is 24.5 Å². The molecule has 0 saturated heterocycles. The smallest absolute Gasteiger partial charge is 0.173 e. The molecule has 2 aromatic rings. The molecule has 0 bridgehead atoms. The molecule has 0 aliphatic rings. The SMILES string of the molecule is COc1ccc(CN(C)C(=S)Nc2ccc(C)cc2)cc1. The van der Waals surface area contributed by atoms with Crippen LogP contribution in [0.1, 0.15) is 11.1 Å². The summed E-state index contributed by atoms with van der Waals surface area (Å²) in [5.41, 5.74) is 3.43. The number of hydrogen-bond donors (Lipinski definition) is 1. The molecule has 0 unspecified atom stereocenters. The zero-order valence-corrected chi connectivity index (χ0v) is 13.4. The van der Waals surface area contributed by atoms with Gasteiger partial charge in [-0.05, 0) is 49.0 Å². The van der Waals surface area contributed by atoms with E-state index in [0.29, 0.717) is 5.11 Å². The van der Waals surface area contributed by atoms with Crippen molar-refractivity contribution in [3.63, 3.8) is 0 Å². The van der Waals surface area contributed by atoms with Crippen molar-refractivity contribution in [3.05, 3.63) is 59.7 Å². The van der Waals surface area contributed by atoms with Crippen LogP contribution in [-0.4, -0.2) is 24.2 Å². The molecule has 0 aliphatic carbocycles. The number of benzene rings is 2. The molecule has 0 fully saturated rings. The third-order valence-electron chi connectivity index (χ3n) is 3.23. The van der Waals surface area contributed by atoms with Crippen LogP contribution >= 0.6 is 12.2 Å². The average Bonchev–Trinajstić information content (AvgIpc) is 2.50. The molecular weight excluding hydrogens is 280 g/mol. The lowest BCUT2D eigenvalue weighted by molar-refractivity contribution is 0.414. The molecule has 1 N–H and O–H groups in total. The molecule has 2 rings (SSSR count). The van der Waals surface area contributed by atoms with Gasteiger partial charge in [0.1, 0.15) is 5.75 Å². The number of anilines is 1. The predicted octanol–water partition coefficient (Wildman–Crippen LogP) is 3.83. The zero-order valence-electron chi connectivity index (χ0n) is 12.6. The Morgan fingerprint density at radius 2 is 1.71 bits per heavy atom. The van der Waals surface area contributed by atoms with Gasteiger partial charge in [-0.3, -0.25) is 0 Å². The molecule has 0 amide bonds. The van der Waals surface area contributed by atoms with Crippen molar-refractivity contribution >= 4 is 23.0 Å². The highest BCUT2D eigenvalue weighted by Gasteiger charge is 2.06. The van der Waals surface area contributed by atoms with Gasteiger partial charge in [0, 0.05) is 19.3 Å². The second kappa shape index (κ2) is 7.09. The van der Waals surface area contributed by atoms with Crippen molar-refractivity contribution in [1.82, 2.24) is 4.90 Å². The molecule has 110 valence electrons. The minimum Gasteiger partial charge on any atom is -0.497 e. The number of methoxy groups -OCH3 is 1. The van der Waals surface area contributed by atoms with Gasteiger partial charge in [-0.1, -0.05) is 29.8 Å². The normalized spacial score (nSPS) is 10.0. The van der Waals surface area contributed by atoms with Crippen LogP contribution in [0.15, 0.2) is 48.5 Å². The number of nitrogens with one attached hydrogen (secondary N) is 1. The van der Waals surface area contributed by atoms with Crippen LogP contribution in [0.25, 0.3) is 0 Å². The molecule has 0 aliphatic heterocycles. The first-order chi connectivity index (χ1) is 10.1. The van der Waals surface area contributed by atoms with Gasteiger partial charge in [0.25, 0.3) is 0 Å². The fourth-order valence-electron chi connectivity index (χ4n) is 1.93. The van der Waals surface area contributed by atoms with E-state index in [1.54, 1.807) is 7.11 Å². The third kappa shape index (κ3) is 4.46. The van der Waals surface area contributed by atoms with Crippen LogP contribution in [-0.2, 0) is 6.54 Å². The largest absolute Gasteiger partial charge is 0.497 e. The minimum absolute atomic E-state index is 0.703. The van der Waals surface area contributed by atoms with Crippen molar-refractivity contribution in [1.29, 1.82) is 0 Å². The molecular formula is C17H20N2OS. The molecule has 0 spiro atoms. The molecule has 0 atom stereocenters. The van der Waals surface area contributed by atoms with E-state index in [4.69, 9.17) is 17.0 Å². The average molecular weight is 300 g/mol. The fraction of sp³-hybridized carbons (Fsp3) is 0.235. The lowest BCUT2D eigenvalue weighted by atomic mass is 10.2. The first-order valence-electron chi connectivity index (χ1n) is 6.80. The van der Waals surface area contributed by atoms with Crippen LogP contribution in [0, 0.1) is 6.92 Å². The third-order valence-corrected chi connectivity index (χ3v) is 3.64. The van der Waals surface area contributed by atoms with Crippen molar-refractivity contribution in [2.45, 2.75) is 13.5 Å². The van der Waals surface area contributed by atoms with Gasteiger partial charge in [-0.25, -0.2) is 0 Å². The lowest BCUT2D eigenvalue weighted by Gasteiger charge is -2.21. The Kier molecular flexibility index (Phi) is 5.17. The highest BCUT2D eigenvalue weighted by Crippen LogP contribution is 2.14. The highest BCUT2D eigenvalue weighted by atomic mass is 32.1. The van der Waals surface area contributed by atoms with E-state index in [1.165, 1.54) is 11.1 Å². The van der Waals surface area contributed by atoms with E-state index >= 15 is 0 Å². The molecule has 0 saturated carbocycles. The Balaban J connectivity index is 1.93. The first kappa shape index (κ1) is 15.3. The van der Waals surface area contributed by atoms with Crippen LogP contribution in [0.4, 0.5) is 5.69 Å². The Morgan fingerprint density at radius 1 is 1.10 bits per heavy atom. The second-order valence-corrected chi connectivity index (χ2v) is 5.39. The Labute approximate surface area is 131 Å². The summed E-state index contributed by atoms with van der Waals surface area (Å²) >= 11 is 5.43. The summed E-state index contributed by atoms with van der Waals surface area (Å²) in [6, 6.07) is 16.2. The summed E-state index contributed by atoms with van der Waals surface area (Å²) in [7, 11) is 3.65. The fourth-order valence-corrected chi connectivity index (χ4v) is 2.11. The van der Waals surface area contributed by atoms with Gasteiger partial charge in [0.05, 0.1) is 7.11 Å². The van der Waals surface area contributed by atoms with Gasteiger partial charge < -0.3 is 15.0 Å². The second-order valence-electron chi connectivity index (χ2n) is 5.00. The predicted molar refractivity (Wildman–Crippen MR) is 91.9 cm³/mol. The Morgan fingerprint density at radius 3 is 2.29 bits per heavy atom. The van der Waals surface area contributed by atoms with Gasteiger partial charge in [-0.15, -0.1) is 0 Å². The van der Waals surface area contributed by atoms with Gasteiger partial charge in [-0.2, -0.15) is 0 Å². The summed E-state index contributed by atoms with van der Waals surface area (Å²) in [5.74, 6) is 0.863. The minimum atomic E-state index is 0.703. The number of hydrogen-bond acceptors (Lipinski definition) is 2. The summed E-state index contributed by atoms with van der Waals surface area (Å²) in [5, 5.41) is 3.95. The number of thiocarbonyl (C=S) groups is 1. The molecule has 0 heterocycles. The maximum Gasteiger partial charge on any atom is 0.173 e. The van der Waals surface area contributed by atoms with Crippen molar-refractivity contribution in [2.24, 2.45) is 0 Å². The highest BCUT2D eigenvalue weighted by molar-refractivity contribution is 7.80. The van der Waals surface area contributed by atoms with Crippen LogP contribution in [0.5, 0.6) is 5.75 Å². The maximum atomic E-state index is 5.43. The number of aryl methyl sites for hydroxylation is 1. The zero-order chi connectivity index (χ0) is 15.2. The number of rotatable bonds is 4. The summed E-state index contributed by atoms with van der Waals surface area (Å²) in [4.78, 5) is 2.01. The quantitative estimate of drug-likeness (QED) is 0.867. The van der Waals surface area contributed by atoms with E-state index in [0.717, 1.165) is 18.0 Å². The molecule has 4 heteroatoms. The van der Waals surface area contributed by atoms with E-state index < -0.39 is 0 Å². The summed E-state index contributed by atoms with van der Waals surface area (Å²) in [6.45, 7) is 2.82. The van der Waals surface area contributed by atoms with Crippen LogP contribution in [0.2, 0.25) is 0 Å². The molecule has 3 nitrogen and oxygen atoms in total. The molecule has 2 aromatic carbocycles. The maximum absolute atomic E-state index is 5.43. The van der Waals surface area contributed by atoms with Gasteiger partial charge in [0.15, 0.2) is 5.11 Å². The van der Waals surface area contributed by atoms with Crippen LogP contribution in [0.3, 0.4) is 0 Å². The molecule has 0 aromatic heterocycles. The van der Waals surface area contributed by atoms with E-state index in [9.17, 15) is 0 Å².